The van der Waals surface area contributed by atoms with Gasteiger partial charge < -0.3 is 13.9 Å². The molecule has 1 amide bonds. The van der Waals surface area contributed by atoms with E-state index in [1.54, 1.807) is 38.5 Å². The van der Waals surface area contributed by atoms with Crippen molar-refractivity contribution in [3.05, 3.63) is 70.4 Å². The van der Waals surface area contributed by atoms with Crippen LogP contribution >= 0.6 is 11.6 Å². The van der Waals surface area contributed by atoms with Gasteiger partial charge in [-0.2, -0.15) is 5.10 Å². The highest BCUT2D eigenvalue weighted by molar-refractivity contribution is 6.31. The number of ether oxygens (including phenoxy) is 2. The number of benzene rings is 2. The maximum absolute atomic E-state index is 12.1. The number of methoxy groups -OCH3 is 2. The molecule has 1 N–H and O–H groups in total. The zero-order valence-electron chi connectivity index (χ0n) is 16.4. The fraction of sp³-hybridized carbons (Fsp3) is 0.182. The first-order chi connectivity index (χ1) is 14.0. The Labute approximate surface area is 174 Å². The molecule has 0 fully saturated rings. The molecular weight excluding hydrogens is 392 g/mol. The minimum Gasteiger partial charge on any atom is -0.493 e. The standard InChI is InChI=1S/C22H21ClN2O4/c1-14-4-6-16(12-18(14)23)19-9-7-17(29-19)13-24-25-22(26)11-15-5-8-20(27-2)21(10-15)28-3/h4-10,12-13H,11H2,1-3H3,(H,25,26)/b24-13-. The van der Waals surface area contributed by atoms with Gasteiger partial charge in [0.15, 0.2) is 11.5 Å². The van der Waals surface area contributed by atoms with Crippen molar-refractivity contribution in [2.75, 3.05) is 14.2 Å². The Kier molecular flexibility index (Phi) is 6.57. The zero-order valence-corrected chi connectivity index (χ0v) is 17.1. The second kappa shape index (κ2) is 9.30. The van der Waals surface area contributed by atoms with E-state index in [0.717, 1.165) is 16.7 Å². The van der Waals surface area contributed by atoms with E-state index in [1.165, 1.54) is 6.21 Å². The van der Waals surface area contributed by atoms with E-state index in [1.807, 2.05) is 31.2 Å². The molecule has 0 saturated carbocycles. The van der Waals surface area contributed by atoms with E-state index in [9.17, 15) is 4.79 Å². The number of rotatable bonds is 7. The van der Waals surface area contributed by atoms with Crippen molar-refractivity contribution >= 4 is 23.7 Å². The van der Waals surface area contributed by atoms with Gasteiger partial charge in [-0.25, -0.2) is 5.43 Å². The zero-order chi connectivity index (χ0) is 20.8. The molecule has 0 spiro atoms. The van der Waals surface area contributed by atoms with Crippen molar-refractivity contribution in [3.8, 4) is 22.8 Å². The van der Waals surface area contributed by atoms with Crippen molar-refractivity contribution in [2.45, 2.75) is 13.3 Å². The summed E-state index contributed by atoms with van der Waals surface area (Å²) in [5.74, 6) is 2.11. The summed E-state index contributed by atoms with van der Waals surface area (Å²) in [6.45, 7) is 1.94. The van der Waals surface area contributed by atoms with Crippen LogP contribution in [0, 0.1) is 6.92 Å². The molecule has 3 aromatic rings. The third-order valence-corrected chi connectivity index (χ3v) is 4.68. The Morgan fingerprint density at radius 2 is 1.90 bits per heavy atom. The molecule has 0 radical (unpaired) electrons. The van der Waals surface area contributed by atoms with Crippen LogP contribution in [0.5, 0.6) is 11.5 Å². The minimum atomic E-state index is -0.259. The minimum absolute atomic E-state index is 0.156. The Balaban J connectivity index is 1.59. The van der Waals surface area contributed by atoms with Crippen LogP contribution in [0.25, 0.3) is 11.3 Å². The molecule has 150 valence electrons. The van der Waals surface area contributed by atoms with E-state index in [4.69, 9.17) is 25.5 Å². The Morgan fingerprint density at radius 3 is 2.62 bits per heavy atom. The van der Waals surface area contributed by atoms with E-state index < -0.39 is 0 Å². The average molecular weight is 413 g/mol. The van der Waals surface area contributed by atoms with E-state index >= 15 is 0 Å². The topological polar surface area (TPSA) is 73.1 Å². The Hall–Kier alpha value is -3.25. The molecular formula is C22H21ClN2O4. The molecule has 0 unspecified atom stereocenters. The van der Waals surface area contributed by atoms with Crippen LogP contribution in [0.2, 0.25) is 5.02 Å². The molecule has 0 atom stereocenters. The molecule has 2 aromatic carbocycles. The van der Waals surface area contributed by atoms with Crippen LogP contribution in [0.3, 0.4) is 0 Å². The van der Waals surface area contributed by atoms with Gasteiger partial charge >= 0.3 is 0 Å². The predicted molar refractivity (Wildman–Crippen MR) is 113 cm³/mol. The highest BCUT2D eigenvalue weighted by Gasteiger charge is 2.08. The third-order valence-electron chi connectivity index (χ3n) is 4.28. The normalized spacial score (nSPS) is 10.9. The molecule has 0 aliphatic rings. The number of hydrogen-bond acceptors (Lipinski definition) is 5. The molecule has 0 aliphatic heterocycles. The number of aryl methyl sites for hydroxylation is 1. The summed E-state index contributed by atoms with van der Waals surface area (Å²) in [4.78, 5) is 12.1. The van der Waals surface area contributed by atoms with Crippen molar-refractivity contribution in [3.63, 3.8) is 0 Å². The van der Waals surface area contributed by atoms with Crippen LogP contribution in [-0.4, -0.2) is 26.3 Å². The molecule has 29 heavy (non-hydrogen) atoms. The lowest BCUT2D eigenvalue weighted by atomic mass is 10.1. The summed E-state index contributed by atoms with van der Waals surface area (Å²) in [5.41, 5.74) is 5.15. The van der Waals surface area contributed by atoms with Crippen LogP contribution in [-0.2, 0) is 11.2 Å². The van der Waals surface area contributed by atoms with Crippen LogP contribution in [0.1, 0.15) is 16.9 Å². The first kappa shape index (κ1) is 20.5. The molecule has 0 saturated heterocycles. The number of hydrazone groups is 1. The first-order valence-electron chi connectivity index (χ1n) is 8.89. The van der Waals surface area contributed by atoms with Gasteiger partial charge in [0, 0.05) is 10.6 Å². The number of nitrogens with zero attached hydrogens (tertiary/aromatic N) is 1. The quantitative estimate of drug-likeness (QED) is 0.454. The summed E-state index contributed by atoms with van der Waals surface area (Å²) in [7, 11) is 3.11. The van der Waals surface area contributed by atoms with Crippen molar-refractivity contribution in [1.82, 2.24) is 5.43 Å². The van der Waals surface area contributed by atoms with Crippen LogP contribution < -0.4 is 14.9 Å². The Morgan fingerprint density at radius 1 is 1.10 bits per heavy atom. The van der Waals surface area contributed by atoms with Gasteiger partial charge in [0.2, 0.25) is 5.91 Å². The Bertz CT molecular complexity index is 1040. The predicted octanol–water partition coefficient (Wildman–Crippen LogP) is 4.62. The van der Waals surface area contributed by atoms with Gasteiger partial charge in [-0.05, 0) is 48.4 Å². The fourth-order valence-electron chi connectivity index (χ4n) is 2.71. The lowest BCUT2D eigenvalue weighted by Crippen LogP contribution is -2.19. The maximum atomic E-state index is 12.1. The summed E-state index contributed by atoms with van der Waals surface area (Å²) in [6, 6.07) is 14.6. The number of carbonyl (C=O) groups excluding carboxylic acids is 1. The lowest BCUT2D eigenvalue weighted by molar-refractivity contribution is -0.120. The van der Waals surface area contributed by atoms with Gasteiger partial charge in [-0.1, -0.05) is 29.8 Å². The summed E-state index contributed by atoms with van der Waals surface area (Å²) >= 11 is 6.16. The molecule has 7 heteroatoms. The SMILES string of the molecule is COc1ccc(CC(=O)N/N=C\c2ccc(-c3ccc(C)c(Cl)c3)o2)cc1OC. The highest BCUT2D eigenvalue weighted by Crippen LogP contribution is 2.28. The third kappa shape index (κ3) is 5.18. The number of nitrogens with one attached hydrogen (secondary N) is 1. The number of amides is 1. The summed E-state index contributed by atoms with van der Waals surface area (Å²) in [5, 5.41) is 4.63. The van der Waals surface area contributed by atoms with Gasteiger partial charge in [-0.15, -0.1) is 0 Å². The fourth-order valence-corrected chi connectivity index (χ4v) is 2.89. The first-order valence-corrected chi connectivity index (χ1v) is 9.27. The molecule has 1 aromatic heterocycles. The number of halogens is 1. The highest BCUT2D eigenvalue weighted by atomic mass is 35.5. The van der Waals surface area contributed by atoms with Crippen molar-refractivity contribution in [2.24, 2.45) is 5.10 Å². The van der Waals surface area contributed by atoms with E-state index in [2.05, 4.69) is 10.5 Å². The van der Waals surface area contributed by atoms with Crippen molar-refractivity contribution in [1.29, 1.82) is 0 Å². The summed E-state index contributed by atoms with van der Waals surface area (Å²) < 4.78 is 16.2. The van der Waals surface area contributed by atoms with Crippen LogP contribution in [0.4, 0.5) is 0 Å². The second-order valence-corrected chi connectivity index (χ2v) is 6.73. The number of carbonyl (C=O) groups is 1. The van der Waals surface area contributed by atoms with Crippen LogP contribution in [0.15, 0.2) is 58.0 Å². The smallest absolute Gasteiger partial charge is 0.244 e. The molecule has 6 nitrogen and oxygen atoms in total. The summed E-state index contributed by atoms with van der Waals surface area (Å²) in [6.07, 6.45) is 1.61. The second-order valence-electron chi connectivity index (χ2n) is 6.33. The van der Waals surface area contributed by atoms with Gasteiger partial charge in [0.05, 0.1) is 26.9 Å². The maximum Gasteiger partial charge on any atom is 0.244 e. The lowest BCUT2D eigenvalue weighted by Gasteiger charge is -2.09. The van der Waals surface area contributed by atoms with Gasteiger partial charge in [-0.3, -0.25) is 4.79 Å². The molecule has 0 bridgehead atoms. The van der Waals surface area contributed by atoms with Crippen molar-refractivity contribution < 1.29 is 18.7 Å². The average Bonchev–Trinajstić information content (AvgIpc) is 3.18. The number of furan rings is 1. The number of hydrogen-bond donors (Lipinski definition) is 1. The largest absolute Gasteiger partial charge is 0.493 e. The van der Waals surface area contributed by atoms with E-state index in [0.29, 0.717) is 28.0 Å². The molecule has 1 heterocycles. The van der Waals surface area contributed by atoms with Gasteiger partial charge in [0.25, 0.3) is 0 Å². The monoisotopic (exact) mass is 412 g/mol. The van der Waals surface area contributed by atoms with E-state index in [-0.39, 0.29) is 12.3 Å². The molecule has 3 rings (SSSR count). The molecule has 0 aliphatic carbocycles. The van der Waals surface area contributed by atoms with Gasteiger partial charge in [0.1, 0.15) is 11.5 Å².